The van der Waals surface area contributed by atoms with Gasteiger partial charge in [0.05, 0.1) is 12.0 Å². The fraction of sp³-hybridized carbons (Fsp3) is 0.375. The standard InChI is InChI=1S/C24H21F5N2O3/c1-21(2,19(33)30-12-23(25,26)24(27,28)29)18(32)16-11-22(16)15-9-5-3-7-13(15)14-8-4-6-10-17(14)31-20(22)34/h3-10,16H,11-12H2,1-2H3,(H,30,33)(H,31,34)/t16-,22?/m0/s1. The van der Waals surface area contributed by atoms with E-state index in [1.807, 2.05) is 12.1 Å². The Balaban J connectivity index is 1.62. The van der Waals surface area contributed by atoms with Gasteiger partial charge in [0, 0.05) is 17.2 Å². The van der Waals surface area contributed by atoms with Crippen LogP contribution in [0.2, 0.25) is 0 Å². The summed E-state index contributed by atoms with van der Waals surface area (Å²) in [7, 11) is 0. The number of fused-ring (bicyclic) bond motifs is 4. The lowest BCUT2D eigenvalue weighted by molar-refractivity contribution is -0.278. The zero-order valence-electron chi connectivity index (χ0n) is 18.2. The van der Waals surface area contributed by atoms with Crippen LogP contribution in [0.15, 0.2) is 48.5 Å². The molecule has 0 bridgehead atoms. The Morgan fingerprint density at radius 3 is 2.24 bits per heavy atom. The number of Topliss-reactive ketones (excluding diaryl/α,β-unsaturated/α-hetero) is 1. The molecule has 34 heavy (non-hydrogen) atoms. The SMILES string of the molecule is CC(C)(C(=O)NCC(F)(F)C(F)(F)F)C(=O)[C@@H]1CC12C(=O)Nc1ccccc1-c1ccccc12. The smallest absolute Gasteiger partial charge is 0.349 e. The van der Waals surface area contributed by atoms with Gasteiger partial charge in [-0.25, -0.2) is 0 Å². The molecule has 1 heterocycles. The zero-order valence-corrected chi connectivity index (χ0v) is 18.2. The van der Waals surface area contributed by atoms with E-state index in [0.717, 1.165) is 25.0 Å². The molecular weight excluding hydrogens is 459 g/mol. The molecule has 5 nitrogen and oxygen atoms in total. The lowest BCUT2D eigenvalue weighted by atomic mass is 9.79. The summed E-state index contributed by atoms with van der Waals surface area (Å²) in [5.41, 5.74) is -0.576. The van der Waals surface area contributed by atoms with Crippen molar-refractivity contribution in [1.82, 2.24) is 5.32 Å². The Morgan fingerprint density at radius 2 is 1.59 bits per heavy atom. The predicted octanol–water partition coefficient (Wildman–Crippen LogP) is 4.47. The molecule has 1 saturated carbocycles. The summed E-state index contributed by atoms with van der Waals surface area (Å²) in [5.74, 6) is -8.52. The first-order valence-electron chi connectivity index (χ1n) is 10.5. The maximum Gasteiger partial charge on any atom is 0.455 e. The minimum atomic E-state index is -5.84. The summed E-state index contributed by atoms with van der Waals surface area (Å²) >= 11 is 0. The van der Waals surface area contributed by atoms with Gasteiger partial charge in [-0.2, -0.15) is 22.0 Å². The number of nitrogens with one attached hydrogen (secondary N) is 2. The average molecular weight is 480 g/mol. The Bertz CT molecular complexity index is 1190. The highest BCUT2D eigenvalue weighted by molar-refractivity contribution is 6.16. The van der Waals surface area contributed by atoms with Crippen LogP contribution >= 0.6 is 0 Å². The monoisotopic (exact) mass is 480 g/mol. The second-order valence-corrected chi connectivity index (χ2v) is 9.15. The normalized spacial score (nSPS) is 21.7. The second kappa shape index (κ2) is 7.61. The molecule has 1 aliphatic heterocycles. The van der Waals surface area contributed by atoms with E-state index in [2.05, 4.69) is 5.32 Å². The largest absolute Gasteiger partial charge is 0.455 e. The van der Waals surface area contributed by atoms with E-state index in [4.69, 9.17) is 0 Å². The Kier molecular flexibility index (Phi) is 5.34. The van der Waals surface area contributed by atoms with E-state index in [-0.39, 0.29) is 6.42 Å². The lowest BCUT2D eigenvalue weighted by Crippen LogP contribution is -2.51. The third-order valence-corrected chi connectivity index (χ3v) is 6.62. The number of carbonyl (C=O) groups excluding carboxylic acids is 3. The summed E-state index contributed by atoms with van der Waals surface area (Å²) < 4.78 is 63.8. The number of rotatable bonds is 5. The van der Waals surface area contributed by atoms with Crippen LogP contribution in [0.5, 0.6) is 0 Å². The van der Waals surface area contributed by atoms with Gasteiger partial charge in [0.2, 0.25) is 11.8 Å². The molecule has 1 spiro atoms. The molecule has 1 aliphatic carbocycles. The van der Waals surface area contributed by atoms with Gasteiger partial charge in [-0.3, -0.25) is 14.4 Å². The fourth-order valence-corrected chi connectivity index (χ4v) is 4.48. The summed E-state index contributed by atoms with van der Waals surface area (Å²) in [6, 6.07) is 14.1. The zero-order chi connectivity index (χ0) is 25.1. The average Bonchev–Trinajstić information content (AvgIpc) is 3.54. The molecule has 0 radical (unpaired) electrons. The van der Waals surface area contributed by atoms with Gasteiger partial charge in [0.25, 0.3) is 0 Å². The van der Waals surface area contributed by atoms with Crippen molar-refractivity contribution in [3.8, 4) is 11.1 Å². The highest BCUT2D eigenvalue weighted by Crippen LogP contribution is 2.60. The Morgan fingerprint density at radius 1 is 1.00 bits per heavy atom. The van der Waals surface area contributed by atoms with Gasteiger partial charge in [0.1, 0.15) is 5.41 Å². The van der Waals surface area contributed by atoms with E-state index >= 15 is 0 Å². The summed E-state index contributed by atoms with van der Waals surface area (Å²) in [6.07, 6.45) is -5.76. The summed E-state index contributed by atoms with van der Waals surface area (Å²) in [6.45, 7) is 0.315. The third kappa shape index (κ3) is 3.56. The van der Waals surface area contributed by atoms with Gasteiger partial charge in [-0.1, -0.05) is 42.5 Å². The Labute approximate surface area is 191 Å². The van der Waals surface area contributed by atoms with Crippen molar-refractivity contribution < 1.29 is 36.3 Å². The van der Waals surface area contributed by atoms with Gasteiger partial charge in [0.15, 0.2) is 5.78 Å². The third-order valence-electron chi connectivity index (χ3n) is 6.62. The number of para-hydroxylation sites is 1. The molecule has 1 fully saturated rings. The topological polar surface area (TPSA) is 75.3 Å². The first-order valence-corrected chi connectivity index (χ1v) is 10.5. The molecule has 2 amide bonds. The quantitative estimate of drug-likeness (QED) is 0.490. The van der Waals surface area contributed by atoms with Crippen molar-refractivity contribution in [2.45, 2.75) is 37.8 Å². The minimum Gasteiger partial charge on any atom is -0.349 e. The highest BCUT2D eigenvalue weighted by atomic mass is 19.4. The number of anilines is 1. The van der Waals surface area contributed by atoms with Crippen molar-refractivity contribution in [3.05, 3.63) is 54.1 Å². The molecule has 2 aromatic rings. The van der Waals surface area contributed by atoms with Gasteiger partial charge < -0.3 is 10.6 Å². The first kappa shape index (κ1) is 23.8. The molecule has 1 unspecified atom stereocenters. The number of halogens is 5. The number of hydrogen-bond acceptors (Lipinski definition) is 3. The van der Waals surface area contributed by atoms with Crippen LogP contribution in [0.3, 0.4) is 0 Å². The lowest BCUT2D eigenvalue weighted by Gasteiger charge is -2.26. The molecule has 2 atom stereocenters. The van der Waals surface area contributed by atoms with Crippen molar-refractivity contribution >= 4 is 23.3 Å². The van der Waals surface area contributed by atoms with Crippen molar-refractivity contribution in [2.24, 2.45) is 11.3 Å². The van der Waals surface area contributed by atoms with E-state index in [1.165, 1.54) is 0 Å². The van der Waals surface area contributed by atoms with Crippen LogP contribution in [-0.4, -0.2) is 36.2 Å². The molecule has 2 aliphatic rings. The molecule has 4 rings (SSSR count). The summed E-state index contributed by atoms with van der Waals surface area (Å²) in [5, 5.41) is 4.38. The van der Waals surface area contributed by atoms with Crippen LogP contribution in [0.4, 0.5) is 27.6 Å². The maximum absolute atomic E-state index is 13.4. The molecule has 2 N–H and O–H groups in total. The van der Waals surface area contributed by atoms with Gasteiger partial charge in [-0.15, -0.1) is 0 Å². The maximum atomic E-state index is 13.4. The number of amides is 2. The second-order valence-electron chi connectivity index (χ2n) is 9.15. The number of alkyl halides is 5. The molecule has 180 valence electrons. The van der Waals surface area contributed by atoms with Crippen LogP contribution < -0.4 is 10.6 Å². The molecular formula is C24H21F5N2O3. The van der Waals surface area contributed by atoms with Crippen LogP contribution in [-0.2, 0) is 19.8 Å². The van der Waals surface area contributed by atoms with Crippen LogP contribution in [0.25, 0.3) is 11.1 Å². The molecule has 10 heteroatoms. The van der Waals surface area contributed by atoms with Crippen molar-refractivity contribution in [1.29, 1.82) is 0 Å². The Hall–Kier alpha value is -3.30. The highest BCUT2D eigenvalue weighted by Gasteiger charge is 2.68. The van der Waals surface area contributed by atoms with Crippen LogP contribution in [0.1, 0.15) is 25.8 Å². The number of hydrogen-bond donors (Lipinski definition) is 2. The van der Waals surface area contributed by atoms with E-state index in [1.54, 1.807) is 41.7 Å². The first-order chi connectivity index (χ1) is 15.7. The van der Waals surface area contributed by atoms with E-state index < -0.39 is 53.0 Å². The predicted molar refractivity (Wildman–Crippen MR) is 113 cm³/mol. The van der Waals surface area contributed by atoms with Gasteiger partial charge >= 0.3 is 12.1 Å². The number of benzene rings is 2. The van der Waals surface area contributed by atoms with E-state index in [9.17, 15) is 36.3 Å². The van der Waals surface area contributed by atoms with Crippen molar-refractivity contribution in [3.63, 3.8) is 0 Å². The van der Waals surface area contributed by atoms with E-state index in [0.29, 0.717) is 11.3 Å². The minimum absolute atomic E-state index is 0.0814. The van der Waals surface area contributed by atoms with Crippen LogP contribution in [0, 0.1) is 11.3 Å². The molecule has 0 saturated heterocycles. The van der Waals surface area contributed by atoms with Gasteiger partial charge in [-0.05, 0) is 37.5 Å². The number of ketones is 1. The number of carbonyl (C=O) groups is 3. The molecule has 0 aromatic heterocycles. The summed E-state index contributed by atoms with van der Waals surface area (Å²) in [4.78, 5) is 39.2. The van der Waals surface area contributed by atoms with Crippen molar-refractivity contribution in [2.75, 3.05) is 11.9 Å². The molecule has 2 aromatic carbocycles. The fourth-order valence-electron chi connectivity index (χ4n) is 4.48.